The van der Waals surface area contributed by atoms with Crippen molar-refractivity contribution in [3.05, 3.63) is 212 Å². The second-order valence-corrected chi connectivity index (χ2v) is 15.0. The molecule has 0 N–H and O–H groups in total. The maximum absolute atomic E-state index is 5.19. The first-order valence-corrected chi connectivity index (χ1v) is 20.5. The smallest absolute Gasteiger partial charge is 0.164 e. The van der Waals surface area contributed by atoms with E-state index in [1.165, 1.54) is 0 Å². The fourth-order valence-corrected chi connectivity index (χ4v) is 7.78. The van der Waals surface area contributed by atoms with Crippen LogP contribution in [0.2, 0.25) is 0 Å². The quantitative estimate of drug-likeness (QED) is 0.151. The van der Waals surface area contributed by atoms with E-state index in [0.29, 0.717) is 17.5 Å². The van der Waals surface area contributed by atoms with Crippen molar-refractivity contribution in [1.82, 2.24) is 34.9 Å². The maximum Gasteiger partial charge on any atom is 0.164 e. The van der Waals surface area contributed by atoms with Gasteiger partial charge in [0.1, 0.15) is 0 Å². The third kappa shape index (κ3) is 7.14. The summed E-state index contributed by atoms with van der Waals surface area (Å²) in [7, 11) is 0. The fraction of sp³-hybridized carbons (Fsp3) is 0. The fourth-order valence-electron chi connectivity index (χ4n) is 7.78. The van der Waals surface area contributed by atoms with Gasteiger partial charge in [-0.3, -0.25) is 0 Å². The van der Waals surface area contributed by atoms with E-state index < -0.39 is 0 Å². The molecule has 0 saturated carbocycles. The lowest BCUT2D eigenvalue weighted by Crippen LogP contribution is -2.00. The number of aromatic nitrogens is 7. The topological polar surface area (TPSA) is 90.2 Å². The number of nitrogens with zero attached hydrogens (tertiary/aromatic N) is 7. The highest BCUT2D eigenvalue weighted by atomic mass is 15.0. The van der Waals surface area contributed by atoms with Crippen molar-refractivity contribution in [2.45, 2.75) is 0 Å². The highest BCUT2D eigenvalue weighted by molar-refractivity contribution is 5.89. The molecule has 8 aromatic carbocycles. The van der Waals surface area contributed by atoms with Crippen molar-refractivity contribution in [3.63, 3.8) is 0 Å². The number of fused-ring (bicyclic) bond motifs is 2. The van der Waals surface area contributed by atoms with Crippen LogP contribution in [0.3, 0.4) is 0 Å². The largest absolute Gasteiger partial charge is 0.244 e. The van der Waals surface area contributed by atoms with Gasteiger partial charge in [0.15, 0.2) is 17.5 Å². The Labute approximate surface area is 358 Å². The average molecular weight is 794 g/mol. The third-order valence-corrected chi connectivity index (χ3v) is 10.9. The number of hydrogen-bond acceptors (Lipinski definition) is 7. The Morgan fingerprint density at radius 2 is 0.452 bits per heavy atom. The van der Waals surface area contributed by atoms with E-state index in [2.05, 4.69) is 97.1 Å². The van der Waals surface area contributed by atoms with Crippen LogP contribution in [-0.2, 0) is 0 Å². The van der Waals surface area contributed by atoms with E-state index in [1.54, 1.807) is 0 Å². The van der Waals surface area contributed by atoms with Crippen molar-refractivity contribution in [3.8, 4) is 90.3 Å². The maximum atomic E-state index is 5.19. The van der Waals surface area contributed by atoms with Gasteiger partial charge >= 0.3 is 0 Å². The summed E-state index contributed by atoms with van der Waals surface area (Å²) in [6.07, 6.45) is 0. The second-order valence-electron chi connectivity index (χ2n) is 15.0. The van der Waals surface area contributed by atoms with Gasteiger partial charge in [0.05, 0.1) is 44.8 Å². The first-order valence-electron chi connectivity index (χ1n) is 20.5. The summed E-state index contributed by atoms with van der Waals surface area (Å²) in [5.41, 5.74) is 15.4. The molecule has 0 bridgehead atoms. The molecular formula is C55H35N7. The number of rotatable bonds is 8. The van der Waals surface area contributed by atoms with Crippen molar-refractivity contribution >= 4 is 22.1 Å². The minimum atomic E-state index is 0.566. The Balaban J connectivity index is 0.982. The summed E-state index contributed by atoms with van der Waals surface area (Å²) in [5, 5.41) is 0. The molecule has 7 heteroatoms. The number of benzene rings is 8. The van der Waals surface area contributed by atoms with Crippen LogP contribution in [0.25, 0.3) is 112 Å². The Morgan fingerprint density at radius 1 is 0.177 bits per heavy atom. The van der Waals surface area contributed by atoms with Crippen LogP contribution in [0.4, 0.5) is 0 Å². The van der Waals surface area contributed by atoms with E-state index in [4.69, 9.17) is 34.9 Å². The van der Waals surface area contributed by atoms with Crippen LogP contribution >= 0.6 is 0 Å². The molecule has 0 aliphatic carbocycles. The standard InChI is InChI=1S/C55H35N7/c1-4-15-36(16-5-1)43-21-14-22-44(35-43)52-51(58-47-25-12-13-26-48(47)59-52)39-29-33-42(34-30-39)55-61-53(40-19-8-3-9-20-40)60-54(62-55)41-31-27-38(28-32-41)50-49(37-17-6-2-7-18-37)56-45-23-10-11-24-46(45)57-50/h1-35H. The Kier molecular flexibility index (Phi) is 9.37. The molecule has 0 unspecified atom stereocenters. The van der Waals surface area contributed by atoms with Gasteiger partial charge in [-0.2, -0.15) is 0 Å². The van der Waals surface area contributed by atoms with Gasteiger partial charge in [-0.1, -0.05) is 182 Å². The molecule has 0 saturated heterocycles. The molecule has 11 aromatic rings. The molecule has 290 valence electrons. The summed E-state index contributed by atoms with van der Waals surface area (Å²) in [6.45, 7) is 0. The lowest BCUT2D eigenvalue weighted by Gasteiger charge is -2.13. The van der Waals surface area contributed by atoms with Crippen molar-refractivity contribution in [2.75, 3.05) is 0 Å². The zero-order chi connectivity index (χ0) is 41.2. The van der Waals surface area contributed by atoms with Crippen molar-refractivity contribution in [2.24, 2.45) is 0 Å². The predicted octanol–water partition coefficient (Wildman–Crippen LogP) is 13.1. The summed E-state index contributed by atoms with van der Waals surface area (Å²) < 4.78 is 0. The van der Waals surface area contributed by atoms with Gasteiger partial charge in [0.25, 0.3) is 0 Å². The minimum absolute atomic E-state index is 0.566. The normalized spacial score (nSPS) is 11.2. The SMILES string of the molecule is c1ccc(-c2cccc(-c3nc4ccccc4nc3-c3ccc(-c4nc(-c5ccccc5)nc(-c5ccc(-c6nc7ccccc7nc6-c6ccccc6)cc5)n4)cc3)c2)cc1. The monoisotopic (exact) mass is 793 g/mol. The van der Waals surface area contributed by atoms with Crippen molar-refractivity contribution < 1.29 is 0 Å². The summed E-state index contributed by atoms with van der Waals surface area (Å²) in [5.74, 6) is 1.72. The van der Waals surface area contributed by atoms with E-state index in [1.807, 2.05) is 115 Å². The molecule has 0 atom stereocenters. The van der Waals surface area contributed by atoms with Crippen LogP contribution in [0, 0.1) is 0 Å². The van der Waals surface area contributed by atoms with Gasteiger partial charge < -0.3 is 0 Å². The molecule has 0 spiro atoms. The molecule has 11 rings (SSSR count). The molecule has 0 aliphatic heterocycles. The lowest BCUT2D eigenvalue weighted by molar-refractivity contribution is 1.07. The first kappa shape index (κ1) is 36.5. The van der Waals surface area contributed by atoms with Crippen LogP contribution in [-0.4, -0.2) is 34.9 Å². The zero-order valence-corrected chi connectivity index (χ0v) is 33.3. The van der Waals surface area contributed by atoms with Gasteiger partial charge in [-0.05, 0) is 41.5 Å². The Hall–Kier alpha value is -8.55. The minimum Gasteiger partial charge on any atom is -0.244 e. The van der Waals surface area contributed by atoms with Crippen LogP contribution in [0.1, 0.15) is 0 Å². The van der Waals surface area contributed by atoms with Crippen molar-refractivity contribution in [1.29, 1.82) is 0 Å². The Bertz CT molecular complexity index is 3380. The van der Waals surface area contributed by atoms with Gasteiger partial charge in [0.2, 0.25) is 0 Å². The summed E-state index contributed by atoms with van der Waals surface area (Å²) in [6, 6.07) is 71.6. The molecule has 62 heavy (non-hydrogen) atoms. The molecular weight excluding hydrogens is 759 g/mol. The number of hydrogen-bond donors (Lipinski definition) is 0. The molecule has 0 radical (unpaired) electrons. The molecule has 0 fully saturated rings. The van der Waals surface area contributed by atoms with E-state index >= 15 is 0 Å². The third-order valence-electron chi connectivity index (χ3n) is 10.9. The lowest BCUT2D eigenvalue weighted by atomic mass is 9.98. The first-order chi connectivity index (χ1) is 30.7. The van der Waals surface area contributed by atoms with Crippen LogP contribution < -0.4 is 0 Å². The number of para-hydroxylation sites is 4. The van der Waals surface area contributed by atoms with Crippen LogP contribution in [0.5, 0.6) is 0 Å². The second kappa shape index (κ2) is 15.9. The van der Waals surface area contributed by atoms with Gasteiger partial charge in [0, 0.05) is 38.9 Å². The zero-order valence-electron chi connectivity index (χ0n) is 33.3. The molecule has 0 amide bonds. The highest BCUT2D eigenvalue weighted by Gasteiger charge is 2.18. The molecule has 0 aliphatic rings. The van der Waals surface area contributed by atoms with E-state index in [9.17, 15) is 0 Å². The van der Waals surface area contributed by atoms with E-state index in [0.717, 1.165) is 94.9 Å². The van der Waals surface area contributed by atoms with E-state index in [-0.39, 0.29) is 0 Å². The predicted molar refractivity (Wildman–Crippen MR) is 250 cm³/mol. The van der Waals surface area contributed by atoms with Crippen LogP contribution in [0.15, 0.2) is 212 Å². The highest BCUT2D eigenvalue weighted by Crippen LogP contribution is 2.36. The molecule has 3 heterocycles. The van der Waals surface area contributed by atoms with Gasteiger partial charge in [-0.25, -0.2) is 34.9 Å². The summed E-state index contributed by atoms with van der Waals surface area (Å²) >= 11 is 0. The molecule has 3 aromatic heterocycles. The Morgan fingerprint density at radius 3 is 0.871 bits per heavy atom. The van der Waals surface area contributed by atoms with Gasteiger partial charge in [-0.15, -0.1) is 0 Å². The average Bonchev–Trinajstić information content (AvgIpc) is 3.36. The molecule has 7 nitrogen and oxygen atoms in total. The summed E-state index contributed by atoms with van der Waals surface area (Å²) in [4.78, 5) is 35.6.